The number of rotatable bonds is 4. The quantitative estimate of drug-likeness (QED) is 0.926. The van der Waals surface area contributed by atoms with Crippen molar-refractivity contribution in [2.75, 3.05) is 29.9 Å². The molecule has 1 N–H and O–H groups in total. The molecular formula is C13H21BrN4. The molecule has 4 nitrogen and oxygen atoms in total. The zero-order valence-corrected chi connectivity index (χ0v) is 12.7. The lowest BCUT2D eigenvalue weighted by molar-refractivity contribution is 0.402. The Hall–Kier alpha value is -0.840. The third-order valence-electron chi connectivity index (χ3n) is 3.46. The number of nitrogens with zero attached hydrogens (tertiary/aromatic N) is 3. The molecule has 0 saturated carbocycles. The SMILES string of the molecule is CCNc1ncc(Br)c(N2CCCC(CC)C2)n1. The summed E-state index contributed by atoms with van der Waals surface area (Å²) in [5, 5.41) is 3.17. The van der Waals surface area contributed by atoms with E-state index < -0.39 is 0 Å². The topological polar surface area (TPSA) is 41.1 Å². The van der Waals surface area contributed by atoms with Gasteiger partial charge in [-0.3, -0.25) is 0 Å². The summed E-state index contributed by atoms with van der Waals surface area (Å²) in [7, 11) is 0. The van der Waals surface area contributed by atoms with Gasteiger partial charge in [-0.05, 0) is 41.6 Å². The average Bonchev–Trinajstić information content (AvgIpc) is 2.41. The second kappa shape index (κ2) is 6.36. The van der Waals surface area contributed by atoms with Gasteiger partial charge in [0.25, 0.3) is 0 Å². The zero-order valence-electron chi connectivity index (χ0n) is 11.1. The molecular weight excluding hydrogens is 292 g/mol. The van der Waals surface area contributed by atoms with Crippen molar-refractivity contribution < 1.29 is 0 Å². The smallest absolute Gasteiger partial charge is 0.224 e. The number of halogens is 1. The van der Waals surface area contributed by atoms with Crippen LogP contribution in [0.4, 0.5) is 11.8 Å². The van der Waals surface area contributed by atoms with E-state index in [9.17, 15) is 0 Å². The summed E-state index contributed by atoms with van der Waals surface area (Å²) in [5.74, 6) is 2.54. The van der Waals surface area contributed by atoms with Gasteiger partial charge in [0.15, 0.2) is 0 Å². The normalized spacial score (nSPS) is 19.9. The van der Waals surface area contributed by atoms with E-state index in [4.69, 9.17) is 0 Å². The van der Waals surface area contributed by atoms with Crippen LogP contribution in [0.5, 0.6) is 0 Å². The van der Waals surface area contributed by atoms with Crippen molar-refractivity contribution >= 4 is 27.7 Å². The molecule has 1 saturated heterocycles. The number of hydrogen-bond acceptors (Lipinski definition) is 4. The van der Waals surface area contributed by atoms with E-state index in [1.54, 1.807) is 0 Å². The van der Waals surface area contributed by atoms with Gasteiger partial charge in [0, 0.05) is 25.8 Å². The van der Waals surface area contributed by atoms with Gasteiger partial charge in [0.2, 0.25) is 5.95 Å². The van der Waals surface area contributed by atoms with Crippen LogP contribution in [-0.4, -0.2) is 29.6 Å². The van der Waals surface area contributed by atoms with Crippen molar-refractivity contribution in [2.24, 2.45) is 5.92 Å². The van der Waals surface area contributed by atoms with Gasteiger partial charge in [-0.1, -0.05) is 13.3 Å². The number of nitrogens with one attached hydrogen (secondary N) is 1. The average molecular weight is 313 g/mol. The molecule has 1 atom stereocenters. The van der Waals surface area contributed by atoms with Crippen LogP contribution in [0.3, 0.4) is 0 Å². The van der Waals surface area contributed by atoms with E-state index in [2.05, 4.69) is 50.0 Å². The third-order valence-corrected chi connectivity index (χ3v) is 4.02. The first-order chi connectivity index (χ1) is 8.74. The number of anilines is 2. The van der Waals surface area contributed by atoms with E-state index >= 15 is 0 Å². The molecule has 1 aliphatic rings. The molecule has 2 heterocycles. The van der Waals surface area contributed by atoms with Crippen molar-refractivity contribution in [1.29, 1.82) is 0 Å². The van der Waals surface area contributed by atoms with Gasteiger partial charge in [-0.15, -0.1) is 0 Å². The van der Waals surface area contributed by atoms with Crippen LogP contribution in [0.15, 0.2) is 10.7 Å². The molecule has 1 fully saturated rings. The van der Waals surface area contributed by atoms with Crippen molar-refractivity contribution in [1.82, 2.24) is 9.97 Å². The standard InChI is InChI=1S/C13H21BrN4/c1-3-10-6-5-7-18(9-10)12-11(14)8-16-13(17-12)15-4-2/h8,10H,3-7,9H2,1-2H3,(H,15,16,17). The zero-order chi connectivity index (χ0) is 13.0. The van der Waals surface area contributed by atoms with E-state index in [0.29, 0.717) is 5.95 Å². The Morgan fingerprint density at radius 1 is 1.50 bits per heavy atom. The maximum Gasteiger partial charge on any atom is 0.224 e. The fourth-order valence-electron chi connectivity index (χ4n) is 2.41. The van der Waals surface area contributed by atoms with E-state index in [-0.39, 0.29) is 0 Å². The van der Waals surface area contributed by atoms with E-state index in [1.807, 2.05) is 6.20 Å². The molecule has 5 heteroatoms. The van der Waals surface area contributed by atoms with Crippen molar-refractivity contribution in [2.45, 2.75) is 33.1 Å². The third kappa shape index (κ3) is 3.13. The van der Waals surface area contributed by atoms with Crippen LogP contribution >= 0.6 is 15.9 Å². The first-order valence-corrected chi connectivity index (χ1v) is 7.55. The van der Waals surface area contributed by atoms with E-state index in [0.717, 1.165) is 35.8 Å². The summed E-state index contributed by atoms with van der Waals surface area (Å²) >= 11 is 3.56. The highest BCUT2D eigenvalue weighted by Gasteiger charge is 2.21. The van der Waals surface area contributed by atoms with Crippen LogP contribution in [0.25, 0.3) is 0 Å². The largest absolute Gasteiger partial charge is 0.355 e. The summed E-state index contributed by atoms with van der Waals surface area (Å²) in [6.07, 6.45) is 5.69. The lowest BCUT2D eigenvalue weighted by atomic mass is 9.96. The number of aromatic nitrogens is 2. The summed E-state index contributed by atoms with van der Waals surface area (Å²) in [4.78, 5) is 11.3. The van der Waals surface area contributed by atoms with Crippen LogP contribution in [0, 0.1) is 5.92 Å². The summed E-state index contributed by atoms with van der Waals surface area (Å²) in [6.45, 7) is 7.38. The van der Waals surface area contributed by atoms with Crippen molar-refractivity contribution in [3.05, 3.63) is 10.7 Å². The fourth-order valence-corrected chi connectivity index (χ4v) is 2.86. The monoisotopic (exact) mass is 312 g/mol. The molecule has 0 amide bonds. The highest BCUT2D eigenvalue weighted by molar-refractivity contribution is 9.10. The highest BCUT2D eigenvalue weighted by atomic mass is 79.9. The summed E-state index contributed by atoms with van der Waals surface area (Å²) in [6, 6.07) is 0. The second-order valence-electron chi connectivity index (χ2n) is 4.76. The molecule has 0 radical (unpaired) electrons. The van der Waals surface area contributed by atoms with Crippen LogP contribution in [-0.2, 0) is 0 Å². The molecule has 0 aromatic carbocycles. The number of piperidine rings is 1. The van der Waals surface area contributed by atoms with Crippen molar-refractivity contribution in [3.8, 4) is 0 Å². The Kier molecular flexibility index (Phi) is 4.80. The molecule has 0 bridgehead atoms. The lowest BCUT2D eigenvalue weighted by Crippen LogP contribution is -2.36. The Morgan fingerprint density at radius 3 is 3.06 bits per heavy atom. The highest BCUT2D eigenvalue weighted by Crippen LogP contribution is 2.29. The van der Waals surface area contributed by atoms with Gasteiger partial charge in [-0.25, -0.2) is 4.98 Å². The van der Waals surface area contributed by atoms with Crippen LogP contribution in [0.1, 0.15) is 33.1 Å². The second-order valence-corrected chi connectivity index (χ2v) is 5.61. The molecule has 1 aromatic rings. The first kappa shape index (κ1) is 13.6. The predicted molar refractivity (Wildman–Crippen MR) is 79.1 cm³/mol. The van der Waals surface area contributed by atoms with Gasteiger partial charge >= 0.3 is 0 Å². The summed E-state index contributed by atoms with van der Waals surface area (Å²) in [5.41, 5.74) is 0. The van der Waals surface area contributed by atoms with E-state index in [1.165, 1.54) is 19.3 Å². The molecule has 0 spiro atoms. The maximum atomic E-state index is 4.61. The molecule has 2 rings (SSSR count). The minimum Gasteiger partial charge on any atom is -0.355 e. The summed E-state index contributed by atoms with van der Waals surface area (Å²) < 4.78 is 0.987. The van der Waals surface area contributed by atoms with Crippen molar-refractivity contribution in [3.63, 3.8) is 0 Å². The maximum absolute atomic E-state index is 4.61. The molecule has 1 aliphatic heterocycles. The van der Waals surface area contributed by atoms with Gasteiger partial charge in [0.1, 0.15) is 5.82 Å². The van der Waals surface area contributed by atoms with Crippen LogP contribution < -0.4 is 10.2 Å². The van der Waals surface area contributed by atoms with Crippen LogP contribution in [0.2, 0.25) is 0 Å². The first-order valence-electron chi connectivity index (χ1n) is 6.76. The lowest BCUT2D eigenvalue weighted by Gasteiger charge is -2.33. The molecule has 1 unspecified atom stereocenters. The minimum absolute atomic E-state index is 0.717. The molecule has 0 aliphatic carbocycles. The molecule has 1 aromatic heterocycles. The van der Waals surface area contributed by atoms with Gasteiger partial charge < -0.3 is 10.2 Å². The Labute approximate surface area is 117 Å². The Morgan fingerprint density at radius 2 is 2.33 bits per heavy atom. The van der Waals surface area contributed by atoms with Gasteiger partial charge in [0.05, 0.1) is 4.47 Å². The van der Waals surface area contributed by atoms with Gasteiger partial charge in [-0.2, -0.15) is 4.98 Å². The predicted octanol–water partition coefficient (Wildman–Crippen LogP) is 3.30. The Bertz CT molecular complexity index is 397. The fraction of sp³-hybridized carbons (Fsp3) is 0.692. The minimum atomic E-state index is 0.717. The molecule has 100 valence electrons. The number of hydrogen-bond donors (Lipinski definition) is 1. The molecule has 18 heavy (non-hydrogen) atoms. The Balaban J connectivity index is 2.17.